The number of pyridine rings is 1. The van der Waals surface area contributed by atoms with Crippen molar-refractivity contribution in [3.63, 3.8) is 0 Å². The van der Waals surface area contributed by atoms with Gasteiger partial charge in [-0.05, 0) is 43.0 Å². The molecule has 1 heterocycles. The minimum absolute atomic E-state index is 0.111. The Morgan fingerprint density at radius 3 is 2.39 bits per heavy atom. The maximum Gasteiger partial charge on any atom is 0.259 e. The second kappa shape index (κ2) is 5.91. The highest BCUT2D eigenvalue weighted by Crippen LogP contribution is 2.32. The second-order valence-corrected chi connectivity index (χ2v) is 6.10. The van der Waals surface area contributed by atoms with Crippen LogP contribution in [0, 0.1) is 11.3 Å². The normalized spacial score (nSPS) is 10.9. The molecule has 4 heteroatoms. The Balaban J connectivity index is 2.59. The summed E-state index contributed by atoms with van der Waals surface area (Å²) in [5.41, 5.74) is 1.85. The van der Waals surface area contributed by atoms with Crippen molar-refractivity contribution in [2.75, 3.05) is 0 Å². The van der Waals surface area contributed by atoms with E-state index in [-0.39, 0.29) is 11.6 Å². The average molecular weight is 323 g/mol. The topological polar surface area (TPSA) is 45.8 Å². The molecular weight excluding hydrogens is 308 g/mol. The Kier molecular flexibility index (Phi) is 3.94. The van der Waals surface area contributed by atoms with Gasteiger partial charge in [0.25, 0.3) is 5.56 Å². The Morgan fingerprint density at radius 1 is 1.09 bits per heavy atom. The van der Waals surface area contributed by atoms with Gasteiger partial charge in [-0.2, -0.15) is 5.26 Å². The monoisotopic (exact) mass is 322 g/mol. The lowest BCUT2D eigenvalue weighted by Gasteiger charge is -2.18. The summed E-state index contributed by atoms with van der Waals surface area (Å²) in [4.78, 5) is 12.8. The molecule has 0 saturated carbocycles. The summed E-state index contributed by atoms with van der Waals surface area (Å²) in [6, 6.07) is 16.9. The van der Waals surface area contributed by atoms with Crippen molar-refractivity contribution in [3.8, 4) is 17.2 Å². The predicted molar refractivity (Wildman–Crippen MR) is 93.8 cm³/mol. The van der Waals surface area contributed by atoms with Gasteiger partial charge in [-0.15, -0.1) is 0 Å². The van der Waals surface area contributed by atoms with Crippen LogP contribution in [0.15, 0.2) is 53.3 Å². The molecule has 1 aromatic heterocycles. The second-order valence-electron chi connectivity index (χ2n) is 5.66. The lowest BCUT2D eigenvalue weighted by atomic mass is 9.96. The third-order valence-electron chi connectivity index (χ3n) is 3.86. The van der Waals surface area contributed by atoms with E-state index in [4.69, 9.17) is 11.6 Å². The van der Waals surface area contributed by atoms with Crippen molar-refractivity contribution in [3.05, 3.63) is 69.6 Å². The van der Waals surface area contributed by atoms with E-state index in [9.17, 15) is 10.1 Å². The van der Waals surface area contributed by atoms with Gasteiger partial charge >= 0.3 is 0 Å². The zero-order valence-electron chi connectivity index (χ0n) is 12.9. The Labute approximate surface area is 139 Å². The smallest absolute Gasteiger partial charge is 0.259 e. The fraction of sp³-hybridized carbons (Fsp3) is 0.158. The first-order chi connectivity index (χ1) is 11.0. The number of hydrogen-bond donors (Lipinski definition) is 0. The van der Waals surface area contributed by atoms with Crippen LogP contribution < -0.4 is 5.56 Å². The molecule has 0 aliphatic rings. The molecule has 2 aromatic carbocycles. The molecule has 0 amide bonds. The molecule has 3 aromatic rings. The fourth-order valence-electron chi connectivity index (χ4n) is 2.89. The van der Waals surface area contributed by atoms with Crippen molar-refractivity contribution in [1.29, 1.82) is 5.26 Å². The highest BCUT2D eigenvalue weighted by atomic mass is 35.5. The highest BCUT2D eigenvalue weighted by molar-refractivity contribution is 6.31. The molecular formula is C19H15ClN2O. The average Bonchev–Trinajstić information content (AvgIpc) is 2.54. The highest BCUT2D eigenvalue weighted by Gasteiger charge is 2.19. The number of benzene rings is 2. The molecule has 0 fully saturated rings. The Morgan fingerprint density at radius 2 is 1.78 bits per heavy atom. The van der Waals surface area contributed by atoms with E-state index >= 15 is 0 Å². The van der Waals surface area contributed by atoms with E-state index in [1.54, 1.807) is 22.8 Å². The van der Waals surface area contributed by atoms with Crippen molar-refractivity contribution in [2.24, 2.45) is 0 Å². The molecule has 0 unspecified atom stereocenters. The molecule has 0 bridgehead atoms. The van der Waals surface area contributed by atoms with Gasteiger partial charge in [0, 0.05) is 22.0 Å². The molecule has 0 aliphatic heterocycles. The molecule has 3 nitrogen and oxygen atoms in total. The maximum absolute atomic E-state index is 12.8. The minimum Gasteiger partial charge on any atom is -0.296 e. The predicted octanol–water partition coefficient (Wildman–Crippen LogP) is 4.77. The van der Waals surface area contributed by atoms with Gasteiger partial charge in [0.05, 0.1) is 0 Å². The van der Waals surface area contributed by atoms with Crippen molar-refractivity contribution in [1.82, 2.24) is 4.57 Å². The molecule has 0 atom stereocenters. The van der Waals surface area contributed by atoms with Crippen molar-refractivity contribution < 1.29 is 0 Å². The summed E-state index contributed by atoms with van der Waals surface area (Å²) in [6.45, 7) is 3.80. The Bertz CT molecular complexity index is 982. The number of hydrogen-bond acceptors (Lipinski definition) is 2. The van der Waals surface area contributed by atoms with Gasteiger partial charge in [-0.25, -0.2) is 0 Å². The van der Waals surface area contributed by atoms with Crippen LogP contribution in [0.4, 0.5) is 0 Å². The van der Waals surface area contributed by atoms with E-state index < -0.39 is 0 Å². The number of halogens is 1. The van der Waals surface area contributed by atoms with Gasteiger partial charge in [-0.3, -0.25) is 9.36 Å². The van der Waals surface area contributed by atoms with Crippen LogP contribution in [0.2, 0.25) is 5.02 Å². The number of nitriles is 1. The molecule has 0 aliphatic carbocycles. The quantitative estimate of drug-likeness (QED) is 0.682. The van der Waals surface area contributed by atoms with E-state index in [0.29, 0.717) is 21.5 Å². The van der Waals surface area contributed by atoms with Crippen LogP contribution in [-0.4, -0.2) is 4.57 Å². The van der Waals surface area contributed by atoms with Gasteiger partial charge in [0.1, 0.15) is 11.8 Å². The first-order valence-electron chi connectivity index (χ1n) is 7.38. The summed E-state index contributed by atoms with van der Waals surface area (Å²) in [5.74, 6) is 0. The number of aromatic nitrogens is 1. The van der Waals surface area contributed by atoms with Crippen LogP contribution in [0.3, 0.4) is 0 Å². The third kappa shape index (κ3) is 2.52. The number of rotatable bonds is 2. The van der Waals surface area contributed by atoms with Crippen LogP contribution in [-0.2, 0) is 0 Å². The van der Waals surface area contributed by atoms with E-state index in [1.807, 2.05) is 44.2 Å². The summed E-state index contributed by atoms with van der Waals surface area (Å²) in [5, 5.41) is 11.5. The summed E-state index contributed by atoms with van der Waals surface area (Å²) < 4.78 is 1.55. The molecule has 114 valence electrons. The lowest BCUT2D eigenvalue weighted by Crippen LogP contribution is -2.25. The first kappa shape index (κ1) is 15.3. The minimum atomic E-state index is -0.164. The summed E-state index contributed by atoms with van der Waals surface area (Å²) in [6.07, 6.45) is 0. The SMILES string of the molecule is CC(C)n1c(C#N)c(-c2ccccc2)c2cc(Cl)ccc2c1=O. The molecule has 0 saturated heterocycles. The van der Waals surface area contributed by atoms with Crippen molar-refractivity contribution >= 4 is 22.4 Å². The zero-order valence-corrected chi connectivity index (χ0v) is 13.6. The van der Waals surface area contributed by atoms with Crippen LogP contribution >= 0.6 is 11.6 Å². The largest absolute Gasteiger partial charge is 0.296 e. The van der Waals surface area contributed by atoms with Gasteiger partial charge in [0.15, 0.2) is 0 Å². The molecule has 3 rings (SSSR count). The van der Waals surface area contributed by atoms with Gasteiger partial charge in [-0.1, -0.05) is 41.9 Å². The molecule has 23 heavy (non-hydrogen) atoms. The number of nitrogens with zero attached hydrogens (tertiary/aromatic N) is 2. The Hall–Kier alpha value is -2.57. The van der Waals surface area contributed by atoms with Crippen LogP contribution in [0.25, 0.3) is 21.9 Å². The van der Waals surface area contributed by atoms with Gasteiger partial charge in [0.2, 0.25) is 0 Å². The third-order valence-corrected chi connectivity index (χ3v) is 4.10. The summed E-state index contributed by atoms with van der Waals surface area (Å²) in [7, 11) is 0. The van der Waals surface area contributed by atoms with Crippen molar-refractivity contribution in [2.45, 2.75) is 19.9 Å². The summed E-state index contributed by atoms with van der Waals surface area (Å²) >= 11 is 6.14. The van der Waals surface area contributed by atoms with Crippen LogP contribution in [0.1, 0.15) is 25.6 Å². The first-order valence-corrected chi connectivity index (χ1v) is 7.75. The number of fused-ring (bicyclic) bond motifs is 1. The molecule has 0 radical (unpaired) electrons. The standard InChI is InChI=1S/C19H15ClN2O/c1-12(2)22-17(11-21)18(13-6-4-3-5-7-13)16-10-14(20)8-9-15(16)19(22)23/h3-10,12H,1-2H3. The van der Waals surface area contributed by atoms with E-state index in [2.05, 4.69) is 6.07 Å². The molecule has 0 spiro atoms. The van der Waals surface area contributed by atoms with E-state index in [1.165, 1.54) is 0 Å². The molecule has 0 N–H and O–H groups in total. The maximum atomic E-state index is 12.8. The van der Waals surface area contributed by atoms with E-state index in [0.717, 1.165) is 11.1 Å². The van der Waals surface area contributed by atoms with Crippen LogP contribution in [0.5, 0.6) is 0 Å². The fourth-order valence-corrected chi connectivity index (χ4v) is 3.06. The lowest BCUT2D eigenvalue weighted by molar-refractivity contribution is 0.577. The zero-order chi connectivity index (χ0) is 16.6. The van der Waals surface area contributed by atoms with Gasteiger partial charge < -0.3 is 0 Å².